The van der Waals surface area contributed by atoms with Crippen LogP contribution in [0.15, 0.2) is 52.8 Å². The van der Waals surface area contributed by atoms with E-state index in [0.717, 1.165) is 46.3 Å². The van der Waals surface area contributed by atoms with Crippen molar-refractivity contribution in [3.05, 3.63) is 59.0 Å². The number of benzene rings is 2. The van der Waals surface area contributed by atoms with E-state index in [1.165, 1.54) is 36.2 Å². The summed E-state index contributed by atoms with van der Waals surface area (Å²) in [7, 11) is 0. The molecule has 2 unspecified atom stereocenters. The largest absolute Gasteiger partial charge is 0.456 e. The number of para-hydroxylation sites is 1. The molecule has 3 aromatic rings. The number of aliphatic imine (C=N–C) groups is 1. The van der Waals surface area contributed by atoms with Crippen molar-refractivity contribution in [2.75, 3.05) is 5.32 Å². The van der Waals surface area contributed by atoms with Gasteiger partial charge in [-0.1, -0.05) is 62.9 Å². The van der Waals surface area contributed by atoms with Crippen LogP contribution >= 0.6 is 11.3 Å². The van der Waals surface area contributed by atoms with E-state index in [-0.39, 0.29) is 0 Å². The van der Waals surface area contributed by atoms with Gasteiger partial charge >= 0.3 is 0 Å². The lowest BCUT2D eigenvalue weighted by atomic mass is 9.75. The van der Waals surface area contributed by atoms with Crippen LogP contribution in [0, 0.1) is 25.7 Å². The molecule has 0 aliphatic heterocycles. The topological polar surface area (TPSA) is 72.5 Å². The Kier molecular flexibility index (Phi) is 7.88. The molecule has 4 rings (SSSR count). The first-order valence-corrected chi connectivity index (χ1v) is 13.3. The van der Waals surface area contributed by atoms with Crippen LogP contribution < -0.4 is 15.8 Å². The second-order valence-electron chi connectivity index (χ2n) is 9.30. The summed E-state index contributed by atoms with van der Waals surface area (Å²) in [5, 5.41) is 6.02. The second-order valence-corrected chi connectivity index (χ2v) is 10.2. The van der Waals surface area contributed by atoms with Gasteiger partial charge in [-0.05, 0) is 62.3 Å². The molecule has 5 nitrogen and oxygen atoms in total. The molecule has 1 fully saturated rings. The van der Waals surface area contributed by atoms with Gasteiger partial charge in [0.15, 0.2) is 11.1 Å². The lowest BCUT2D eigenvalue weighted by Crippen LogP contribution is -2.35. The van der Waals surface area contributed by atoms with Gasteiger partial charge in [-0.3, -0.25) is 0 Å². The number of nitrogens with one attached hydrogen (secondary N) is 1. The number of nitrogens with zero attached hydrogens (tertiary/aromatic N) is 2. The SMILES string of the molecule is CCC1CCCC(CC)C1N=C(N)Nc1nc(-c2ccccc2Oc2ccc(C)cc2C)cs1. The molecule has 6 heteroatoms. The third kappa shape index (κ3) is 5.61. The first-order chi connectivity index (χ1) is 16.5. The number of rotatable bonds is 7. The number of hydrogen-bond donors (Lipinski definition) is 2. The molecule has 2 atom stereocenters. The van der Waals surface area contributed by atoms with E-state index in [4.69, 9.17) is 20.4 Å². The summed E-state index contributed by atoms with van der Waals surface area (Å²) >= 11 is 1.53. The van der Waals surface area contributed by atoms with E-state index in [1.54, 1.807) is 0 Å². The first-order valence-electron chi connectivity index (χ1n) is 12.4. The number of aryl methyl sites for hydroxylation is 2. The molecule has 2 aromatic carbocycles. The number of hydrogen-bond acceptors (Lipinski definition) is 4. The molecule has 0 radical (unpaired) electrons. The fraction of sp³-hybridized carbons (Fsp3) is 0.429. The standard InChI is InChI=1S/C28H36N4OS/c1-5-20-10-9-11-21(6-2)26(20)31-27(29)32-28-30-23(17-34-28)22-12-7-8-13-25(22)33-24-15-14-18(3)16-19(24)4/h7-8,12-17,20-21,26H,5-6,9-11H2,1-4H3,(H3,29,30,31,32). The molecule has 1 aliphatic carbocycles. The fourth-order valence-electron chi connectivity index (χ4n) is 5.03. The van der Waals surface area contributed by atoms with Crippen molar-refractivity contribution in [3.63, 3.8) is 0 Å². The maximum absolute atomic E-state index is 6.36. The highest BCUT2D eigenvalue weighted by Gasteiger charge is 2.31. The fourth-order valence-corrected chi connectivity index (χ4v) is 5.75. The van der Waals surface area contributed by atoms with Gasteiger partial charge in [-0.2, -0.15) is 0 Å². The highest BCUT2D eigenvalue weighted by atomic mass is 32.1. The number of guanidine groups is 1. The maximum Gasteiger partial charge on any atom is 0.195 e. The van der Waals surface area contributed by atoms with Crippen LogP contribution in [0.1, 0.15) is 57.1 Å². The zero-order valence-electron chi connectivity index (χ0n) is 20.7. The summed E-state index contributed by atoms with van der Waals surface area (Å²) in [6.45, 7) is 8.68. The minimum atomic E-state index is 0.294. The monoisotopic (exact) mass is 476 g/mol. The lowest BCUT2D eigenvalue weighted by molar-refractivity contribution is 0.212. The maximum atomic E-state index is 6.36. The van der Waals surface area contributed by atoms with Crippen molar-refractivity contribution < 1.29 is 4.74 Å². The summed E-state index contributed by atoms with van der Waals surface area (Å²) in [6.07, 6.45) is 6.09. The van der Waals surface area contributed by atoms with E-state index >= 15 is 0 Å². The van der Waals surface area contributed by atoms with Crippen LogP contribution in [-0.4, -0.2) is 17.0 Å². The molecular weight excluding hydrogens is 440 g/mol. The van der Waals surface area contributed by atoms with Gasteiger partial charge in [0, 0.05) is 10.9 Å². The van der Waals surface area contributed by atoms with Crippen LogP contribution in [0.3, 0.4) is 0 Å². The minimum absolute atomic E-state index is 0.294. The average molecular weight is 477 g/mol. The molecule has 1 heterocycles. The predicted octanol–water partition coefficient (Wildman–Crippen LogP) is 7.55. The van der Waals surface area contributed by atoms with E-state index in [1.807, 2.05) is 35.7 Å². The third-order valence-electron chi connectivity index (χ3n) is 6.91. The van der Waals surface area contributed by atoms with Gasteiger partial charge in [-0.15, -0.1) is 11.3 Å². The van der Waals surface area contributed by atoms with Crippen molar-refractivity contribution in [1.29, 1.82) is 0 Å². The van der Waals surface area contributed by atoms with E-state index in [0.29, 0.717) is 23.8 Å². The lowest BCUT2D eigenvalue weighted by Gasteiger charge is -2.35. The molecule has 0 spiro atoms. The van der Waals surface area contributed by atoms with Crippen molar-refractivity contribution in [2.24, 2.45) is 22.6 Å². The Bertz CT molecular complexity index is 1130. The molecule has 1 saturated carbocycles. The van der Waals surface area contributed by atoms with Crippen molar-refractivity contribution in [1.82, 2.24) is 4.98 Å². The summed E-state index contributed by atoms with van der Waals surface area (Å²) in [5.41, 5.74) is 10.5. The van der Waals surface area contributed by atoms with Crippen molar-refractivity contribution in [2.45, 2.75) is 65.8 Å². The highest BCUT2D eigenvalue weighted by molar-refractivity contribution is 7.14. The van der Waals surface area contributed by atoms with Crippen LogP contribution in [-0.2, 0) is 0 Å². The number of aromatic nitrogens is 1. The Hall–Kier alpha value is -2.86. The molecule has 1 aromatic heterocycles. The molecule has 1 aliphatic rings. The molecule has 3 N–H and O–H groups in total. The van der Waals surface area contributed by atoms with Gasteiger partial charge in [0.25, 0.3) is 0 Å². The molecule has 180 valence electrons. The number of nitrogens with two attached hydrogens (primary N) is 1. The van der Waals surface area contributed by atoms with Gasteiger partial charge in [-0.25, -0.2) is 9.98 Å². The van der Waals surface area contributed by atoms with Crippen molar-refractivity contribution >= 4 is 22.4 Å². The minimum Gasteiger partial charge on any atom is -0.456 e. The molecular formula is C28H36N4OS. The number of thiazole rings is 1. The van der Waals surface area contributed by atoms with E-state index < -0.39 is 0 Å². The Morgan fingerprint density at radius 1 is 1.09 bits per heavy atom. The summed E-state index contributed by atoms with van der Waals surface area (Å²) in [5.74, 6) is 3.32. The van der Waals surface area contributed by atoms with E-state index in [2.05, 4.69) is 45.1 Å². The highest BCUT2D eigenvalue weighted by Crippen LogP contribution is 2.37. The Balaban J connectivity index is 1.52. The van der Waals surface area contributed by atoms with Gasteiger partial charge in [0.05, 0.1) is 11.7 Å². The van der Waals surface area contributed by atoms with E-state index in [9.17, 15) is 0 Å². The third-order valence-corrected chi connectivity index (χ3v) is 7.66. The van der Waals surface area contributed by atoms with Crippen LogP contribution in [0.4, 0.5) is 5.13 Å². The normalized spacial score (nSPS) is 20.8. The predicted molar refractivity (Wildman–Crippen MR) is 144 cm³/mol. The molecule has 0 bridgehead atoms. The molecule has 0 amide bonds. The molecule has 34 heavy (non-hydrogen) atoms. The van der Waals surface area contributed by atoms with Gasteiger partial charge in [0.1, 0.15) is 11.5 Å². The molecule has 0 saturated heterocycles. The quantitative estimate of drug-likeness (QED) is 0.273. The number of anilines is 1. The summed E-state index contributed by atoms with van der Waals surface area (Å²) in [6, 6.07) is 14.5. The van der Waals surface area contributed by atoms with Crippen molar-refractivity contribution in [3.8, 4) is 22.8 Å². The Morgan fingerprint density at radius 2 is 1.82 bits per heavy atom. The Labute approximate surface area is 207 Å². The van der Waals surface area contributed by atoms with Crippen LogP contribution in [0.5, 0.6) is 11.5 Å². The first kappa shape index (κ1) is 24.3. The average Bonchev–Trinajstić information content (AvgIpc) is 3.29. The summed E-state index contributed by atoms with van der Waals surface area (Å²) in [4.78, 5) is 9.73. The smallest absolute Gasteiger partial charge is 0.195 e. The Morgan fingerprint density at radius 3 is 2.53 bits per heavy atom. The number of ether oxygens (including phenoxy) is 1. The summed E-state index contributed by atoms with van der Waals surface area (Å²) < 4.78 is 6.28. The van der Waals surface area contributed by atoms with Crippen LogP contribution in [0.25, 0.3) is 11.3 Å². The zero-order chi connectivity index (χ0) is 24.1. The second kappa shape index (κ2) is 11.0. The zero-order valence-corrected chi connectivity index (χ0v) is 21.5. The van der Waals surface area contributed by atoms with Gasteiger partial charge in [0.2, 0.25) is 0 Å². The van der Waals surface area contributed by atoms with Gasteiger partial charge < -0.3 is 15.8 Å². The van der Waals surface area contributed by atoms with Crippen LogP contribution in [0.2, 0.25) is 0 Å².